The van der Waals surface area contributed by atoms with Gasteiger partial charge in [-0.05, 0) is 20.8 Å². The number of hydrogen-bond donors (Lipinski definition) is 3. The summed E-state index contributed by atoms with van der Waals surface area (Å²) in [6.45, 7) is 8.82. The number of nitrogens with one attached hydrogen (secondary N) is 1. The van der Waals surface area contributed by atoms with E-state index in [2.05, 4.69) is 31.0 Å². The average Bonchev–Trinajstić information content (AvgIpc) is 2.37. The van der Waals surface area contributed by atoms with Crippen molar-refractivity contribution >= 4 is 12.0 Å². The second kappa shape index (κ2) is 6.90. The molecule has 0 aromatic rings. The Morgan fingerprint density at radius 2 is 1.75 bits per heavy atom. The van der Waals surface area contributed by atoms with Gasteiger partial charge < -0.3 is 20.4 Å². The van der Waals surface area contributed by atoms with Gasteiger partial charge in [0, 0.05) is 44.7 Å². The zero-order valence-electron chi connectivity index (χ0n) is 12.4. The number of carboxylic acids is 1. The Balaban J connectivity index is 2.48. The normalized spacial score (nSPS) is 18.7. The smallest absolute Gasteiger partial charge is 0.326 e. The van der Waals surface area contributed by atoms with E-state index in [1.54, 1.807) is 4.90 Å². The van der Waals surface area contributed by atoms with E-state index in [-0.39, 0.29) is 24.6 Å². The molecule has 7 nitrogen and oxygen atoms in total. The topological polar surface area (TPSA) is 93.1 Å². The summed E-state index contributed by atoms with van der Waals surface area (Å²) >= 11 is 0. The summed E-state index contributed by atoms with van der Waals surface area (Å²) in [5.74, 6) is -1.12. The number of carbonyl (C=O) groups excluding carboxylic acids is 1. The van der Waals surface area contributed by atoms with Crippen molar-refractivity contribution in [1.29, 1.82) is 0 Å². The molecule has 0 spiro atoms. The zero-order chi connectivity index (χ0) is 15.3. The molecule has 7 heteroatoms. The van der Waals surface area contributed by atoms with Gasteiger partial charge in [-0.15, -0.1) is 0 Å². The second-order valence-corrected chi connectivity index (χ2v) is 6.00. The molecule has 0 saturated carbocycles. The molecule has 1 heterocycles. The van der Waals surface area contributed by atoms with E-state index in [4.69, 9.17) is 10.2 Å². The van der Waals surface area contributed by atoms with Crippen LogP contribution in [0.25, 0.3) is 0 Å². The van der Waals surface area contributed by atoms with Crippen LogP contribution in [-0.2, 0) is 4.79 Å². The van der Waals surface area contributed by atoms with Crippen molar-refractivity contribution in [2.24, 2.45) is 0 Å². The molecule has 0 radical (unpaired) electrons. The lowest BCUT2D eigenvalue weighted by Crippen LogP contribution is -2.58. The van der Waals surface area contributed by atoms with Gasteiger partial charge >= 0.3 is 12.0 Å². The number of urea groups is 1. The predicted octanol–water partition coefficient (Wildman–Crippen LogP) is -0.0523. The molecule has 20 heavy (non-hydrogen) atoms. The lowest BCUT2D eigenvalue weighted by atomic mass is 10.1. The molecule has 0 bridgehead atoms. The van der Waals surface area contributed by atoms with Gasteiger partial charge in [0.1, 0.15) is 6.04 Å². The Hall–Kier alpha value is -1.34. The van der Waals surface area contributed by atoms with Gasteiger partial charge in [-0.1, -0.05) is 0 Å². The number of carbonyl (C=O) groups is 2. The molecule has 2 amide bonds. The van der Waals surface area contributed by atoms with E-state index in [1.165, 1.54) is 0 Å². The summed E-state index contributed by atoms with van der Waals surface area (Å²) in [4.78, 5) is 26.8. The first-order valence-corrected chi connectivity index (χ1v) is 6.90. The maximum Gasteiger partial charge on any atom is 0.326 e. The molecular formula is C13H25N3O4. The summed E-state index contributed by atoms with van der Waals surface area (Å²) in [6, 6.07) is -1.41. The van der Waals surface area contributed by atoms with E-state index in [9.17, 15) is 9.59 Å². The molecule has 0 aromatic carbocycles. The number of carboxylic acid groups (broad SMARTS) is 1. The molecule has 116 valence electrons. The predicted molar refractivity (Wildman–Crippen MR) is 74.6 cm³/mol. The fourth-order valence-electron chi connectivity index (χ4n) is 2.21. The van der Waals surface area contributed by atoms with Crippen molar-refractivity contribution < 1.29 is 19.8 Å². The van der Waals surface area contributed by atoms with Gasteiger partial charge in [-0.3, -0.25) is 4.90 Å². The number of aliphatic carboxylic acids is 1. The summed E-state index contributed by atoms with van der Waals surface area (Å²) < 4.78 is 0. The highest BCUT2D eigenvalue weighted by Gasteiger charge is 2.29. The minimum atomic E-state index is -1.12. The number of amides is 2. The van der Waals surface area contributed by atoms with Gasteiger partial charge in [-0.2, -0.15) is 0 Å². The third-order valence-corrected chi connectivity index (χ3v) is 3.53. The molecule has 1 atom stereocenters. The number of aliphatic hydroxyl groups excluding tert-OH is 1. The molecular weight excluding hydrogens is 262 g/mol. The molecule has 0 aromatic heterocycles. The Morgan fingerprint density at radius 1 is 1.20 bits per heavy atom. The zero-order valence-corrected chi connectivity index (χ0v) is 12.4. The lowest BCUT2D eigenvalue weighted by Gasteiger charge is -2.42. The fourth-order valence-corrected chi connectivity index (χ4v) is 2.21. The van der Waals surface area contributed by atoms with Crippen LogP contribution in [-0.4, -0.2) is 76.4 Å². The number of nitrogens with zero attached hydrogens (tertiary/aromatic N) is 2. The number of rotatable bonds is 4. The minimum absolute atomic E-state index is 0.0169. The van der Waals surface area contributed by atoms with E-state index in [0.717, 1.165) is 13.1 Å². The van der Waals surface area contributed by atoms with Crippen molar-refractivity contribution in [3.63, 3.8) is 0 Å². The molecule has 3 N–H and O–H groups in total. The largest absolute Gasteiger partial charge is 0.480 e. The van der Waals surface area contributed by atoms with Crippen molar-refractivity contribution in [2.45, 2.75) is 38.8 Å². The van der Waals surface area contributed by atoms with Crippen LogP contribution in [0.4, 0.5) is 4.79 Å². The van der Waals surface area contributed by atoms with Gasteiger partial charge in [0.05, 0.1) is 0 Å². The lowest BCUT2D eigenvalue weighted by molar-refractivity contribution is -0.139. The number of hydrogen-bond acceptors (Lipinski definition) is 4. The molecule has 1 aliphatic rings. The van der Waals surface area contributed by atoms with Crippen LogP contribution >= 0.6 is 0 Å². The standard InChI is InChI=1S/C13H25N3O4/c1-13(2,3)16-7-5-15(6-8-16)12(20)14-10(4-9-17)11(18)19/h10,17H,4-9H2,1-3H3,(H,14,20)(H,18,19). The van der Waals surface area contributed by atoms with Gasteiger partial charge in [0.2, 0.25) is 0 Å². The van der Waals surface area contributed by atoms with Gasteiger partial charge in [0.25, 0.3) is 0 Å². The van der Waals surface area contributed by atoms with Crippen molar-refractivity contribution in [3.8, 4) is 0 Å². The third kappa shape index (κ3) is 4.64. The van der Waals surface area contributed by atoms with Gasteiger partial charge in [-0.25, -0.2) is 9.59 Å². The van der Waals surface area contributed by atoms with Gasteiger partial charge in [0.15, 0.2) is 0 Å². The number of piperazine rings is 1. The molecule has 1 rings (SSSR count). The number of aliphatic hydroxyl groups is 1. The van der Waals surface area contributed by atoms with Crippen molar-refractivity contribution in [2.75, 3.05) is 32.8 Å². The second-order valence-electron chi connectivity index (χ2n) is 6.00. The molecule has 0 aliphatic carbocycles. The highest BCUT2D eigenvalue weighted by atomic mass is 16.4. The molecule has 1 aliphatic heterocycles. The summed E-state index contributed by atoms with van der Waals surface area (Å²) in [5.41, 5.74) is 0.0725. The summed E-state index contributed by atoms with van der Waals surface area (Å²) in [5, 5.41) is 20.2. The minimum Gasteiger partial charge on any atom is -0.480 e. The first kappa shape index (κ1) is 16.7. The Kier molecular flexibility index (Phi) is 5.76. The SMILES string of the molecule is CC(C)(C)N1CCN(C(=O)NC(CCO)C(=O)O)CC1. The van der Waals surface area contributed by atoms with E-state index >= 15 is 0 Å². The van der Waals surface area contributed by atoms with E-state index < -0.39 is 12.0 Å². The highest BCUT2D eigenvalue weighted by Crippen LogP contribution is 2.15. The van der Waals surface area contributed by atoms with E-state index in [0.29, 0.717) is 13.1 Å². The third-order valence-electron chi connectivity index (χ3n) is 3.53. The monoisotopic (exact) mass is 287 g/mol. The Morgan fingerprint density at radius 3 is 2.15 bits per heavy atom. The quantitative estimate of drug-likeness (QED) is 0.674. The van der Waals surface area contributed by atoms with Crippen LogP contribution < -0.4 is 5.32 Å². The van der Waals surface area contributed by atoms with E-state index in [1.807, 2.05) is 0 Å². The first-order chi connectivity index (χ1) is 9.25. The molecule has 1 saturated heterocycles. The first-order valence-electron chi connectivity index (χ1n) is 6.90. The fraction of sp³-hybridized carbons (Fsp3) is 0.846. The molecule has 1 unspecified atom stereocenters. The molecule has 1 fully saturated rings. The van der Waals surface area contributed by atoms with Crippen molar-refractivity contribution in [3.05, 3.63) is 0 Å². The maximum atomic E-state index is 12.0. The summed E-state index contributed by atoms with van der Waals surface area (Å²) in [6.07, 6.45) is 0.0169. The van der Waals surface area contributed by atoms with Crippen molar-refractivity contribution in [1.82, 2.24) is 15.1 Å². The summed E-state index contributed by atoms with van der Waals surface area (Å²) in [7, 11) is 0. The maximum absolute atomic E-state index is 12.0. The Labute approximate surface area is 119 Å². The highest BCUT2D eigenvalue weighted by molar-refractivity contribution is 5.82. The Bertz CT molecular complexity index is 346. The van der Waals surface area contributed by atoms with Crippen LogP contribution in [0.2, 0.25) is 0 Å². The van der Waals surface area contributed by atoms with Crippen LogP contribution in [0.5, 0.6) is 0 Å². The average molecular weight is 287 g/mol. The van der Waals surface area contributed by atoms with Crippen LogP contribution in [0.3, 0.4) is 0 Å². The van der Waals surface area contributed by atoms with Crippen LogP contribution in [0, 0.1) is 0 Å². The van der Waals surface area contributed by atoms with Crippen LogP contribution in [0.1, 0.15) is 27.2 Å². The van der Waals surface area contributed by atoms with Crippen LogP contribution in [0.15, 0.2) is 0 Å².